The first-order valence-corrected chi connectivity index (χ1v) is 6.97. The van der Waals surface area contributed by atoms with Crippen LogP contribution in [0.15, 0.2) is 42.7 Å². The van der Waals surface area contributed by atoms with Crippen LogP contribution in [-0.4, -0.2) is 14.5 Å². The molecule has 5 nitrogen and oxygen atoms in total. The first-order chi connectivity index (χ1) is 10.2. The summed E-state index contributed by atoms with van der Waals surface area (Å²) in [5.74, 6) is 6.75. The van der Waals surface area contributed by atoms with Crippen molar-refractivity contribution in [1.29, 1.82) is 0 Å². The van der Waals surface area contributed by atoms with Crippen LogP contribution in [-0.2, 0) is 13.5 Å². The topological polar surface area (TPSA) is 68.8 Å². The molecule has 0 fully saturated rings. The zero-order valence-electron chi connectivity index (χ0n) is 12.2. The fraction of sp³-hybridized carbons (Fsp3) is 0.250. The molecule has 0 aliphatic carbocycles. The van der Waals surface area contributed by atoms with Gasteiger partial charge in [0.2, 0.25) is 0 Å². The van der Waals surface area contributed by atoms with E-state index in [1.807, 2.05) is 37.5 Å². The Balaban J connectivity index is 1.96. The van der Waals surface area contributed by atoms with Crippen LogP contribution in [0.4, 0.5) is 0 Å². The number of hydrogen-bond donors (Lipinski definition) is 2. The second-order valence-electron chi connectivity index (χ2n) is 5.23. The summed E-state index contributed by atoms with van der Waals surface area (Å²) >= 11 is 0. The molecule has 3 N–H and O–H groups in total. The van der Waals surface area contributed by atoms with E-state index in [0.717, 1.165) is 22.4 Å². The Morgan fingerprint density at radius 1 is 1.29 bits per heavy atom. The average Bonchev–Trinajstić information content (AvgIpc) is 2.82. The van der Waals surface area contributed by atoms with Crippen LogP contribution in [0.2, 0.25) is 0 Å². The quantitative estimate of drug-likeness (QED) is 0.567. The van der Waals surface area contributed by atoms with Gasteiger partial charge >= 0.3 is 0 Å². The number of nitrogens with two attached hydrogens (primary N) is 1. The second kappa shape index (κ2) is 5.63. The summed E-state index contributed by atoms with van der Waals surface area (Å²) in [6.45, 7) is 2.07. The summed E-state index contributed by atoms with van der Waals surface area (Å²) in [6, 6.07) is 10.1. The van der Waals surface area contributed by atoms with Crippen molar-refractivity contribution in [3.05, 3.63) is 59.7 Å². The minimum absolute atomic E-state index is 0.00536. The van der Waals surface area contributed by atoms with Gasteiger partial charge in [-0.15, -0.1) is 0 Å². The predicted molar refractivity (Wildman–Crippen MR) is 83.5 cm³/mol. The lowest BCUT2D eigenvalue weighted by Gasteiger charge is -2.17. The van der Waals surface area contributed by atoms with Crippen molar-refractivity contribution >= 4 is 11.0 Å². The predicted octanol–water partition coefficient (Wildman–Crippen LogP) is 2.02. The van der Waals surface area contributed by atoms with Crippen molar-refractivity contribution in [2.24, 2.45) is 12.9 Å². The van der Waals surface area contributed by atoms with Crippen LogP contribution in [0.3, 0.4) is 0 Å². The molecule has 0 amide bonds. The van der Waals surface area contributed by atoms with E-state index in [4.69, 9.17) is 10.8 Å². The third-order valence-corrected chi connectivity index (χ3v) is 3.92. The smallest absolute Gasteiger partial charge is 0.111 e. The van der Waals surface area contributed by atoms with E-state index in [2.05, 4.69) is 28.0 Å². The highest BCUT2D eigenvalue weighted by Gasteiger charge is 2.17. The summed E-state index contributed by atoms with van der Waals surface area (Å²) in [6.07, 6.45) is 4.37. The number of nitrogens with one attached hydrogen (secondary N) is 1. The second-order valence-corrected chi connectivity index (χ2v) is 5.23. The molecular formula is C16H19N5. The molecule has 3 aromatic rings. The number of pyridine rings is 1. The van der Waals surface area contributed by atoms with E-state index < -0.39 is 0 Å². The Bertz CT molecular complexity index is 762. The maximum absolute atomic E-state index is 5.75. The van der Waals surface area contributed by atoms with Crippen LogP contribution < -0.4 is 11.3 Å². The highest BCUT2D eigenvalue weighted by atomic mass is 15.2. The lowest BCUT2D eigenvalue weighted by atomic mass is 10.0. The standard InChI is InChI=1S/C16H19N5/c1-11-7-8-18-10-12(11)14(20-17)9-16-19-13-5-3-4-6-15(13)21(16)2/h3-8,10,14,20H,9,17H2,1-2H3. The molecule has 5 heteroatoms. The van der Waals surface area contributed by atoms with Crippen molar-refractivity contribution in [3.8, 4) is 0 Å². The number of aromatic nitrogens is 3. The van der Waals surface area contributed by atoms with Gasteiger partial charge in [0, 0.05) is 25.9 Å². The highest BCUT2D eigenvalue weighted by Crippen LogP contribution is 2.22. The summed E-state index contributed by atoms with van der Waals surface area (Å²) in [4.78, 5) is 8.90. The SMILES string of the molecule is Cc1ccncc1C(Cc1nc2ccccc2n1C)NN. The van der Waals surface area contributed by atoms with Gasteiger partial charge in [-0.25, -0.2) is 4.98 Å². The molecule has 0 aliphatic heterocycles. The van der Waals surface area contributed by atoms with Gasteiger partial charge in [-0.1, -0.05) is 12.1 Å². The van der Waals surface area contributed by atoms with Gasteiger partial charge in [0.15, 0.2) is 0 Å². The van der Waals surface area contributed by atoms with Gasteiger partial charge < -0.3 is 4.57 Å². The first-order valence-electron chi connectivity index (χ1n) is 6.97. The highest BCUT2D eigenvalue weighted by molar-refractivity contribution is 5.75. The third kappa shape index (κ3) is 2.53. The van der Waals surface area contributed by atoms with Gasteiger partial charge in [-0.05, 0) is 36.2 Å². The molecule has 2 heterocycles. The van der Waals surface area contributed by atoms with Crippen LogP contribution in [0.5, 0.6) is 0 Å². The van der Waals surface area contributed by atoms with Crippen LogP contribution in [0.1, 0.15) is 23.0 Å². The Hall–Kier alpha value is -2.24. The zero-order chi connectivity index (χ0) is 14.8. The number of rotatable bonds is 4. The molecule has 21 heavy (non-hydrogen) atoms. The number of fused-ring (bicyclic) bond motifs is 1. The third-order valence-electron chi connectivity index (χ3n) is 3.92. The van der Waals surface area contributed by atoms with Crippen molar-refractivity contribution < 1.29 is 0 Å². The van der Waals surface area contributed by atoms with E-state index in [1.54, 1.807) is 6.20 Å². The maximum atomic E-state index is 5.75. The summed E-state index contributed by atoms with van der Waals surface area (Å²) in [5, 5.41) is 0. The van der Waals surface area contributed by atoms with Gasteiger partial charge in [0.05, 0.1) is 17.1 Å². The lowest BCUT2D eigenvalue weighted by Crippen LogP contribution is -2.31. The van der Waals surface area contributed by atoms with Gasteiger partial charge in [0.1, 0.15) is 5.82 Å². The summed E-state index contributed by atoms with van der Waals surface area (Å²) in [7, 11) is 2.04. The number of nitrogens with zero attached hydrogens (tertiary/aromatic N) is 3. The van der Waals surface area contributed by atoms with Crippen LogP contribution in [0.25, 0.3) is 11.0 Å². The minimum atomic E-state index is -0.00536. The van der Waals surface area contributed by atoms with E-state index >= 15 is 0 Å². The Kier molecular flexibility index (Phi) is 3.68. The molecule has 0 radical (unpaired) electrons. The van der Waals surface area contributed by atoms with Crippen molar-refractivity contribution in [1.82, 2.24) is 20.0 Å². The van der Waals surface area contributed by atoms with Crippen LogP contribution in [0, 0.1) is 6.92 Å². The van der Waals surface area contributed by atoms with Gasteiger partial charge in [0.25, 0.3) is 0 Å². The molecule has 0 aliphatic rings. The number of benzene rings is 1. The molecule has 0 saturated heterocycles. The average molecular weight is 281 g/mol. The molecule has 0 saturated carbocycles. The zero-order valence-corrected chi connectivity index (χ0v) is 12.2. The molecule has 3 rings (SSSR count). The molecule has 0 bridgehead atoms. The molecule has 0 spiro atoms. The number of aryl methyl sites for hydroxylation is 2. The maximum Gasteiger partial charge on any atom is 0.111 e. The van der Waals surface area contributed by atoms with E-state index in [0.29, 0.717) is 6.42 Å². The van der Waals surface area contributed by atoms with E-state index in [9.17, 15) is 0 Å². The normalized spacial score (nSPS) is 12.7. The van der Waals surface area contributed by atoms with E-state index in [1.165, 1.54) is 5.56 Å². The fourth-order valence-corrected chi connectivity index (χ4v) is 2.66. The van der Waals surface area contributed by atoms with Crippen molar-refractivity contribution in [2.75, 3.05) is 0 Å². The Labute approximate surface area is 123 Å². The minimum Gasteiger partial charge on any atom is -0.331 e. The van der Waals surface area contributed by atoms with Crippen molar-refractivity contribution in [3.63, 3.8) is 0 Å². The molecule has 1 aromatic carbocycles. The molecule has 1 atom stereocenters. The fourth-order valence-electron chi connectivity index (χ4n) is 2.66. The number of imidazole rings is 1. The summed E-state index contributed by atoms with van der Waals surface area (Å²) < 4.78 is 2.12. The monoisotopic (exact) mass is 281 g/mol. The number of hydrogen-bond acceptors (Lipinski definition) is 4. The van der Waals surface area contributed by atoms with Crippen molar-refractivity contribution in [2.45, 2.75) is 19.4 Å². The Morgan fingerprint density at radius 2 is 2.10 bits per heavy atom. The number of para-hydroxylation sites is 2. The first kappa shape index (κ1) is 13.7. The molecule has 108 valence electrons. The van der Waals surface area contributed by atoms with Gasteiger partial charge in [-0.2, -0.15) is 0 Å². The lowest BCUT2D eigenvalue weighted by molar-refractivity contribution is 0.528. The number of hydrazine groups is 1. The largest absolute Gasteiger partial charge is 0.331 e. The van der Waals surface area contributed by atoms with E-state index in [-0.39, 0.29) is 6.04 Å². The molecule has 2 aromatic heterocycles. The molecular weight excluding hydrogens is 262 g/mol. The van der Waals surface area contributed by atoms with Crippen LogP contribution >= 0.6 is 0 Å². The Morgan fingerprint density at radius 3 is 2.81 bits per heavy atom. The summed E-state index contributed by atoms with van der Waals surface area (Å²) in [5.41, 5.74) is 7.30. The van der Waals surface area contributed by atoms with Gasteiger partial charge in [-0.3, -0.25) is 16.3 Å². The molecule has 1 unspecified atom stereocenters.